The number of hydrogen-bond donors (Lipinski definition) is 1. The molecule has 1 nitrogen and oxygen atoms in total. The molecule has 19 heavy (non-hydrogen) atoms. The Morgan fingerprint density at radius 3 is 2.58 bits per heavy atom. The first-order valence-corrected chi connectivity index (χ1v) is 7.10. The highest BCUT2D eigenvalue weighted by molar-refractivity contribution is 7.99. The highest BCUT2D eigenvalue weighted by atomic mass is 32.2. The van der Waals surface area contributed by atoms with Gasteiger partial charge in [-0.05, 0) is 42.8 Å². The Morgan fingerprint density at radius 1 is 1.05 bits per heavy atom. The van der Waals surface area contributed by atoms with Gasteiger partial charge in [0.25, 0.3) is 0 Å². The first-order chi connectivity index (χ1) is 9.24. The number of benzene rings is 2. The van der Waals surface area contributed by atoms with Crippen molar-refractivity contribution < 1.29 is 4.39 Å². The van der Waals surface area contributed by atoms with Gasteiger partial charge in [-0.15, -0.1) is 11.8 Å². The highest BCUT2D eigenvalue weighted by Crippen LogP contribution is 2.37. The van der Waals surface area contributed by atoms with Crippen molar-refractivity contribution in [3.63, 3.8) is 0 Å². The Labute approximate surface area is 115 Å². The van der Waals surface area contributed by atoms with E-state index in [0.717, 1.165) is 10.4 Å². The molecule has 0 amide bonds. The summed E-state index contributed by atoms with van der Waals surface area (Å²) in [5, 5.41) is 1.58. The number of aromatic amines is 1. The Morgan fingerprint density at radius 2 is 1.79 bits per heavy atom. The topological polar surface area (TPSA) is 15.8 Å². The number of hydrogen-bond acceptors (Lipinski definition) is 1. The zero-order valence-electron chi connectivity index (χ0n) is 10.6. The minimum absolute atomic E-state index is 0.191. The third kappa shape index (κ3) is 2.51. The van der Waals surface area contributed by atoms with Gasteiger partial charge in [-0.25, -0.2) is 4.39 Å². The summed E-state index contributed by atoms with van der Waals surface area (Å²) in [5.41, 5.74) is 2.44. The molecule has 1 unspecified atom stereocenters. The lowest BCUT2D eigenvalue weighted by molar-refractivity contribution is 0.626. The smallest absolute Gasteiger partial charge is 0.123 e. The third-order valence-electron chi connectivity index (χ3n) is 3.19. The van der Waals surface area contributed by atoms with Gasteiger partial charge in [-0.1, -0.05) is 18.2 Å². The van der Waals surface area contributed by atoms with E-state index in [1.807, 2.05) is 18.2 Å². The molecule has 0 fully saturated rings. The van der Waals surface area contributed by atoms with Crippen LogP contribution < -0.4 is 0 Å². The summed E-state index contributed by atoms with van der Waals surface area (Å²) >= 11 is 1.74. The van der Waals surface area contributed by atoms with Gasteiger partial charge in [0.2, 0.25) is 0 Å². The van der Waals surface area contributed by atoms with Crippen molar-refractivity contribution in [1.29, 1.82) is 0 Å². The lowest BCUT2D eigenvalue weighted by Crippen LogP contribution is -1.86. The number of halogens is 1. The number of aromatic nitrogens is 1. The van der Waals surface area contributed by atoms with E-state index in [4.69, 9.17) is 0 Å². The van der Waals surface area contributed by atoms with Crippen LogP contribution in [0.15, 0.2) is 59.6 Å². The van der Waals surface area contributed by atoms with E-state index in [1.165, 1.54) is 23.1 Å². The number of nitrogens with one attached hydrogen (secondary N) is 1. The van der Waals surface area contributed by atoms with E-state index < -0.39 is 0 Å². The standard InChI is InChI=1S/C16H14FNS/c1-11(19-13-8-6-12(17)7-9-13)15-10-18-16-5-3-2-4-14(15)16/h2-11,18H,1H3. The van der Waals surface area contributed by atoms with Crippen molar-refractivity contribution in [2.75, 3.05) is 0 Å². The lowest BCUT2D eigenvalue weighted by Gasteiger charge is -2.10. The van der Waals surface area contributed by atoms with Crippen LogP contribution in [0.4, 0.5) is 4.39 Å². The van der Waals surface area contributed by atoms with E-state index in [9.17, 15) is 4.39 Å². The normalized spacial score (nSPS) is 12.7. The summed E-state index contributed by atoms with van der Waals surface area (Å²) in [5.74, 6) is -0.191. The lowest BCUT2D eigenvalue weighted by atomic mass is 10.1. The van der Waals surface area contributed by atoms with E-state index >= 15 is 0 Å². The van der Waals surface area contributed by atoms with E-state index in [0.29, 0.717) is 5.25 Å². The van der Waals surface area contributed by atoms with Gasteiger partial charge in [0.05, 0.1) is 0 Å². The summed E-state index contributed by atoms with van der Waals surface area (Å²) in [6.45, 7) is 2.17. The van der Waals surface area contributed by atoms with Crippen LogP contribution in [0.1, 0.15) is 17.7 Å². The molecule has 3 rings (SSSR count). The molecule has 3 aromatic rings. The van der Waals surface area contributed by atoms with Gasteiger partial charge in [-0.2, -0.15) is 0 Å². The fraction of sp³-hybridized carbons (Fsp3) is 0.125. The first-order valence-electron chi connectivity index (χ1n) is 6.22. The fourth-order valence-corrected chi connectivity index (χ4v) is 3.23. The molecule has 0 saturated heterocycles. The minimum atomic E-state index is -0.191. The first kappa shape index (κ1) is 12.3. The average molecular weight is 271 g/mol. The van der Waals surface area contributed by atoms with E-state index in [1.54, 1.807) is 11.8 Å². The molecule has 2 aromatic carbocycles. The monoisotopic (exact) mass is 271 g/mol. The molecular weight excluding hydrogens is 257 g/mol. The second-order valence-corrected chi connectivity index (χ2v) is 5.92. The molecule has 1 heterocycles. The van der Waals surface area contributed by atoms with Crippen molar-refractivity contribution in [3.05, 3.63) is 66.1 Å². The number of fused-ring (bicyclic) bond motifs is 1. The van der Waals surface area contributed by atoms with Gasteiger partial charge in [0, 0.05) is 27.2 Å². The zero-order chi connectivity index (χ0) is 13.2. The second kappa shape index (κ2) is 5.10. The van der Waals surface area contributed by atoms with Gasteiger partial charge < -0.3 is 4.98 Å². The van der Waals surface area contributed by atoms with Crippen LogP contribution in [0.25, 0.3) is 10.9 Å². The van der Waals surface area contributed by atoms with E-state index in [-0.39, 0.29) is 5.82 Å². The predicted octanol–water partition coefficient (Wildman–Crippen LogP) is 5.16. The predicted molar refractivity (Wildman–Crippen MR) is 79.0 cm³/mol. The molecule has 0 bridgehead atoms. The average Bonchev–Trinajstić information content (AvgIpc) is 2.85. The van der Waals surface area contributed by atoms with Crippen LogP contribution in [0.5, 0.6) is 0 Å². The van der Waals surface area contributed by atoms with Crippen LogP contribution in [0, 0.1) is 5.82 Å². The molecule has 3 heteroatoms. The number of H-pyrrole nitrogens is 1. The summed E-state index contributed by atoms with van der Waals surface area (Å²) in [6.07, 6.45) is 2.06. The molecule has 0 saturated carbocycles. The maximum atomic E-state index is 12.9. The van der Waals surface area contributed by atoms with E-state index in [2.05, 4.69) is 36.3 Å². The molecule has 1 N–H and O–H groups in total. The summed E-state index contributed by atoms with van der Waals surface area (Å²) < 4.78 is 12.9. The van der Waals surface area contributed by atoms with Crippen molar-refractivity contribution in [2.45, 2.75) is 17.1 Å². The van der Waals surface area contributed by atoms with Crippen LogP contribution >= 0.6 is 11.8 Å². The molecule has 0 aliphatic rings. The molecular formula is C16H14FNS. The number of para-hydroxylation sites is 1. The largest absolute Gasteiger partial charge is 0.361 e. The van der Waals surface area contributed by atoms with Crippen molar-refractivity contribution in [3.8, 4) is 0 Å². The quantitative estimate of drug-likeness (QED) is 0.650. The SMILES string of the molecule is CC(Sc1ccc(F)cc1)c1c[nH]c2ccccc12. The summed E-state index contributed by atoms with van der Waals surface area (Å²) in [7, 11) is 0. The van der Waals surface area contributed by atoms with Crippen LogP contribution in [-0.4, -0.2) is 4.98 Å². The Bertz CT molecular complexity index is 687. The van der Waals surface area contributed by atoms with Crippen LogP contribution in [0.2, 0.25) is 0 Å². The summed E-state index contributed by atoms with van der Waals surface area (Å²) in [4.78, 5) is 4.37. The minimum Gasteiger partial charge on any atom is -0.361 e. The Hall–Kier alpha value is -1.74. The number of thioether (sulfide) groups is 1. The molecule has 1 atom stereocenters. The van der Waals surface area contributed by atoms with Gasteiger partial charge in [-0.3, -0.25) is 0 Å². The zero-order valence-corrected chi connectivity index (χ0v) is 11.4. The summed E-state index contributed by atoms with van der Waals surface area (Å²) in [6, 6.07) is 14.9. The Balaban J connectivity index is 1.87. The Kier molecular flexibility index (Phi) is 3.30. The van der Waals surface area contributed by atoms with Crippen molar-refractivity contribution in [2.24, 2.45) is 0 Å². The molecule has 96 valence electrons. The highest BCUT2D eigenvalue weighted by Gasteiger charge is 2.12. The van der Waals surface area contributed by atoms with Crippen LogP contribution in [-0.2, 0) is 0 Å². The van der Waals surface area contributed by atoms with Crippen molar-refractivity contribution in [1.82, 2.24) is 4.98 Å². The molecule has 0 aliphatic heterocycles. The van der Waals surface area contributed by atoms with Gasteiger partial charge in [0.15, 0.2) is 0 Å². The molecule has 0 radical (unpaired) electrons. The second-order valence-electron chi connectivity index (χ2n) is 4.50. The maximum absolute atomic E-state index is 12.9. The van der Waals surface area contributed by atoms with Gasteiger partial charge in [0.1, 0.15) is 5.82 Å². The number of rotatable bonds is 3. The third-order valence-corrected chi connectivity index (χ3v) is 4.34. The van der Waals surface area contributed by atoms with Gasteiger partial charge >= 0.3 is 0 Å². The molecule has 1 aromatic heterocycles. The fourth-order valence-electron chi connectivity index (χ4n) is 2.21. The maximum Gasteiger partial charge on any atom is 0.123 e. The van der Waals surface area contributed by atoms with Crippen molar-refractivity contribution >= 4 is 22.7 Å². The van der Waals surface area contributed by atoms with Crippen LogP contribution in [0.3, 0.4) is 0 Å². The molecule has 0 spiro atoms. The molecule has 0 aliphatic carbocycles.